The summed E-state index contributed by atoms with van der Waals surface area (Å²) >= 11 is 0. The predicted molar refractivity (Wildman–Crippen MR) is 109 cm³/mol. The molecule has 5 heterocycles. The molecule has 0 aromatic rings. The molecular weight excluding hydrogens is 388 g/mol. The first-order valence-electron chi connectivity index (χ1n) is 11.5. The van der Waals surface area contributed by atoms with Crippen molar-refractivity contribution in [2.45, 2.75) is 69.7 Å². The molecule has 5 atom stereocenters. The molecule has 30 heavy (non-hydrogen) atoms. The predicted octanol–water partition coefficient (Wildman–Crippen LogP) is -0.414. The Hall–Kier alpha value is -1.01. The van der Waals surface area contributed by atoms with Gasteiger partial charge in [0.2, 0.25) is 0 Å². The van der Waals surface area contributed by atoms with E-state index >= 15 is 0 Å². The number of fused-ring (bicyclic) bond motifs is 1. The molecule has 0 bridgehead atoms. The van der Waals surface area contributed by atoms with E-state index in [1.807, 2.05) is 18.7 Å². The number of amides is 1. The number of likely N-dealkylation sites (tertiary alicyclic amines) is 1. The Bertz CT molecular complexity index is 612. The van der Waals surface area contributed by atoms with Crippen molar-refractivity contribution in [1.29, 1.82) is 0 Å². The molecule has 0 spiro atoms. The third-order valence-corrected chi connectivity index (χ3v) is 7.22. The summed E-state index contributed by atoms with van der Waals surface area (Å²) in [4.78, 5) is 19.9. The zero-order chi connectivity index (χ0) is 20.7. The second-order valence-corrected chi connectivity index (χ2v) is 9.60. The van der Waals surface area contributed by atoms with Crippen LogP contribution >= 0.6 is 0 Å². The summed E-state index contributed by atoms with van der Waals surface area (Å²) in [5, 5.41) is 9.82. The Morgan fingerprint density at radius 3 is 2.63 bits per heavy atom. The molecule has 0 saturated carbocycles. The van der Waals surface area contributed by atoms with Crippen LogP contribution in [0.3, 0.4) is 0 Å². The molecule has 4 N–H and O–H groups in total. The lowest BCUT2D eigenvalue weighted by Gasteiger charge is -2.42. The lowest BCUT2D eigenvalue weighted by Crippen LogP contribution is -2.60. The summed E-state index contributed by atoms with van der Waals surface area (Å²) in [7, 11) is 0. The minimum atomic E-state index is -0.195. The minimum Gasteiger partial charge on any atom is -0.447 e. The van der Waals surface area contributed by atoms with Gasteiger partial charge in [0, 0.05) is 44.2 Å². The molecule has 5 fully saturated rings. The van der Waals surface area contributed by atoms with Crippen LogP contribution in [-0.2, 0) is 14.3 Å². The second kappa shape index (κ2) is 8.85. The maximum atomic E-state index is 12.1. The van der Waals surface area contributed by atoms with E-state index in [9.17, 15) is 4.79 Å². The molecule has 1 amide bonds. The number of nitrogens with zero attached hydrogens (tertiary/aromatic N) is 2. The Kier molecular flexibility index (Phi) is 6.16. The van der Waals surface area contributed by atoms with E-state index in [1.165, 1.54) is 0 Å². The number of carbonyl (C=O) groups is 1. The highest BCUT2D eigenvalue weighted by Gasteiger charge is 2.47. The molecule has 5 unspecified atom stereocenters. The van der Waals surface area contributed by atoms with Gasteiger partial charge in [-0.3, -0.25) is 15.6 Å². The van der Waals surface area contributed by atoms with Gasteiger partial charge in [0.25, 0.3) is 0 Å². The fraction of sp³-hybridized carbons (Fsp3) is 0.950. The lowest BCUT2D eigenvalue weighted by molar-refractivity contribution is -0.0974. The Morgan fingerprint density at radius 2 is 1.93 bits per heavy atom. The van der Waals surface area contributed by atoms with Gasteiger partial charge < -0.3 is 19.7 Å². The number of hydrazine groups is 1. The van der Waals surface area contributed by atoms with Gasteiger partial charge in [-0.2, -0.15) is 5.48 Å². The van der Waals surface area contributed by atoms with Gasteiger partial charge in [0.1, 0.15) is 6.23 Å². The second-order valence-electron chi connectivity index (χ2n) is 9.60. The van der Waals surface area contributed by atoms with Crippen LogP contribution in [0.25, 0.3) is 0 Å². The number of piperidine rings is 2. The van der Waals surface area contributed by atoms with Gasteiger partial charge >= 0.3 is 6.09 Å². The molecule has 5 saturated heterocycles. The molecule has 5 aliphatic rings. The van der Waals surface area contributed by atoms with E-state index in [0.717, 1.165) is 58.7 Å². The molecule has 0 radical (unpaired) electrons. The molecule has 10 heteroatoms. The summed E-state index contributed by atoms with van der Waals surface area (Å²) in [6, 6.07) is 1.48. The largest absolute Gasteiger partial charge is 0.447 e. The van der Waals surface area contributed by atoms with Crippen LogP contribution in [0, 0.1) is 11.8 Å². The Labute approximate surface area is 178 Å². The molecule has 5 rings (SSSR count). The Balaban J connectivity index is 1.10. The number of ether oxygens (including phenoxy) is 2. The van der Waals surface area contributed by atoms with Crippen molar-refractivity contribution in [1.82, 2.24) is 31.4 Å². The van der Waals surface area contributed by atoms with Crippen LogP contribution in [0.1, 0.15) is 33.1 Å². The normalized spacial score (nSPS) is 38.6. The van der Waals surface area contributed by atoms with Gasteiger partial charge in [0.05, 0.1) is 31.5 Å². The van der Waals surface area contributed by atoms with Gasteiger partial charge in [-0.25, -0.2) is 9.80 Å². The molecule has 10 nitrogen and oxygen atoms in total. The zero-order valence-corrected chi connectivity index (χ0v) is 18.0. The SMILES string of the molecule is CC(C)OC(=O)N1CCC(C2NOC(C3CNC4CNN(C5COC5)C4C3)N2)CC1. The molecule has 170 valence electrons. The standard InChI is InChI=1S/C20H36N6O4/c1-12(2)29-20(27)25-5-3-13(4-6-25)18-23-19(30-24-18)14-7-17-16(21-8-14)9-22-26(17)15-10-28-11-15/h12-19,21-24H,3-11H2,1-2H3. The first kappa shape index (κ1) is 20.9. The molecular formula is C20H36N6O4. The van der Waals surface area contributed by atoms with Crippen molar-refractivity contribution >= 4 is 6.09 Å². The van der Waals surface area contributed by atoms with E-state index < -0.39 is 0 Å². The van der Waals surface area contributed by atoms with E-state index in [0.29, 0.717) is 30.0 Å². The average Bonchev–Trinajstić information content (AvgIpc) is 3.34. The first-order valence-corrected chi connectivity index (χ1v) is 11.5. The highest BCUT2D eigenvalue weighted by molar-refractivity contribution is 5.67. The summed E-state index contributed by atoms with van der Waals surface area (Å²) in [6.07, 6.45) is 2.86. The third kappa shape index (κ3) is 4.19. The molecule has 5 aliphatic heterocycles. The van der Waals surface area contributed by atoms with Crippen molar-refractivity contribution in [3.8, 4) is 0 Å². The van der Waals surface area contributed by atoms with Crippen molar-refractivity contribution in [3.63, 3.8) is 0 Å². The minimum absolute atomic E-state index is 0.00692. The van der Waals surface area contributed by atoms with Crippen molar-refractivity contribution < 1.29 is 19.1 Å². The first-order chi connectivity index (χ1) is 14.6. The quantitative estimate of drug-likeness (QED) is 0.480. The van der Waals surface area contributed by atoms with Crippen molar-refractivity contribution in [2.24, 2.45) is 11.8 Å². The van der Waals surface area contributed by atoms with Crippen LogP contribution in [-0.4, -0.2) is 92.0 Å². The summed E-state index contributed by atoms with van der Waals surface area (Å²) in [6.45, 7) is 8.85. The van der Waals surface area contributed by atoms with Crippen molar-refractivity contribution in [3.05, 3.63) is 0 Å². The lowest BCUT2D eigenvalue weighted by atomic mass is 9.88. The smallest absolute Gasteiger partial charge is 0.410 e. The fourth-order valence-corrected chi connectivity index (χ4v) is 5.40. The number of carbonyl (C=O) groups excluding carboxylic acids is 1. The fourth-order valence-electron chi connectivity index (χ4n) is 5.40. The summed E-state index contributed by atoms with van der Waals surface area (Å²) in [5.74, 6) is 0.854. The van der Waals surface area contributed by atoms with Crippen LogP contribution < -0.4 is 21.5 Å². The van der Waals surface area contributed by atoms with Gasteiger partial charge in [-0.1, -0.05) is 0 Å². The van der Waals surface area contributed by atoms with Crippen LogP contribution in [0.2, 0.25) is 0 Å². The van der Waals surface area contributed by atoms with Crippen LogP contribution in [0.5, 0.6) is 0 Å². The van der Waals surface area contributed by atoms with Gasteiger partial charge in [-0.15, -0.1) is 0 Å². The summed E-state index contributed by atoms with van der Waals surface area (Å²) in [5.41, 5.74) is 6.81. The molecule has 0 aliphatic carbocycles. The number of rotatable bonds is 4. The van der Waals surface area contributed by atoms with Crippen LogP contribution in [0.15, 0.2) is 0 Å². The zero-order valence-electron chi connectivity index (χ0n) is 18.0. The highest BCUT2D eigenvalue weighted by Crippen LogP contribution is 2.31. The van der Waals surface area contributed by atoms with Gasteiger partial charge in [0.15, 0.2) is 0 Å². The van der Waals surface area contributed by atoms with E-state index in [-0.39, 0.29) is 24.6 Å². The number of nitrogens with one attached hydrogen (secondary N) is 4. The summed E-state index contributed by atoms with van der Waals surface area (Å²) < 4.78 is 10.7. The van der Waals surface area contributed by atoms with Gasteiger partial charge in [-0.05, 0) is 39.0 Å². The van der Waals surface area contributed by atoms with E-state index in [2.05, 4.69) is 26.5 Å². The van der Waals surface area contributed by atoms with E-state index in [1.54, 1.807) is 0 Å². The molecule has 0 aromatic carbocycles. The maximum Gasteiger partial charge on any atom is 0.410 e. The Morgan fingerprint density at radius 1 is 1.13 bits per heavy atom. The van der Waals surface area contributed by atoms with Crippen LogP contribution in [0.4, 0.5) is 4.79 Å². The monoisotopic (exact) mass is 424 g/mol. The van der Waals surface area contributed by atoms with E-state index in [4.69, 9.17) is 14.3 Å². The highest BCUT2D eigenvalue weighted by atomic mass is 16.7. The molecule has 0 aromatic heterocycles. The number of hydrogen-bond acceptors (Lipinski definition) is 9. The topological polar surface area (TPSA) is 99.4 Å². The maximum absolute atomic E-state index is 12.1. The average molecular weight is 425 g/mol. The number of hydroxylamine groups is 1. The van der Waals surface area contributed by atoms with Crippen molar-refractivity contribution in [2.75, 3.05) is 39.4 Å². The third-order valence-electron chi connectivity index (χ3n) is 7.22. The number of hydrogen-bond donors (Lipinski definition) is 4.